The molecule has 2 aromatic rings. The molecule has 22 heavy (non-hydrogen) atoms. The Morgan fingerprint density at radius 1 is 1.14 bits per heavy atom. The lowest BCUT2D eigenvalue weighted by atomic mass is 10.0. The van der Waals surface area contributed by atoms with Gasteiger partial charge in [0.1, 0.15) is 0 Å². The topological polar surface area (TPSA) is 46.2 Å². The molecule has 0 aliphatic heterocycles. The molecule has 116 valence electrons. The van der Waals surface area contributed by atoms with E-state index < -0.39 is 0 Å². The number of aryl methyl sites for hydroxylation is 1. The summed E-state index contributed by atoms with van der Waals surface area (Å²) >= 11 is 1.42. The predicted molar refractivity (Wildman–Crippen MR) is 90.2 cm³/mol. The van der Waals surface area contributed by atoms with Gasteiger partial charge in [-0.25, -0.2) is 0 Å². The second-order valence-electron chi connectivity index (χ2n) is 5.34. The summed E-state index contributed by atoms with van der Waals surface area (Å²) in [5.74, 6) is -0.0362. The van der Waals surface area contributed by atoms with Crippen LogP contribution in [0.4, 0.5) is 0 Å². The van der Waals surface area contributed by atoms with Crippen LogP contribution in [-0.4, -0.2) is 11.7 Å². The summed E-state index contributed by atoms with van der Waals surface area (Å²) in [4.78, 5) is 24.7. The highest BCUT2D eigenvalue weighted by Gasteiger charge is 2.14. The Morgan fingerprint density at radius 3 is 2.45 bits per heavy atom. The Kier molecular flexibility index (Phi) is 5.90. The van der Waals surface area contributed by atoms with Crippen molar-refractivity contribution in [2.75, 3.05) is 0 Å². The highest BCUT2D eigenvalue weighted by atomic mass is 32.1. The zero-order valence-electron chi connectivity index (χ0n) is 13.0. The normalized spacial score (nSPS) is 11.9. The first kappa shape index (κ1) is 16.4. The van der Waals surface area contributed by atoms with Crippen LogP contribution in [0.2, 0.25) is 0 Å². The number of thiophene rings is 1. The summed E-state index contributed by atoms with van der Waals surface area (Å²) in [5, 5.41) is 4.89. The molecular weight excluding hydrogens is 294 g/mol. The molecule has 0 fully saturated rings. The summed E-state index contributed by atoms with van der Waals surface area (Å²) in [7, 11) is 0. The van der Waals surface area contributed by atoms with Gasteiger partial charge < -0.3 is 5.32 Å². The lowest BCUT2D eigenvalue weighted by Crippen LogP contribution is -2.28. The van der Waals surface area contributed by atoms with Gasteiger partial charge in [-0.15, -0.1) is 11.3 Å². The quantitative estimate of drug-likeness (QED) is 0.775. The maximum Gasteiger partial charge on any atom is 0.220 e. The summed E-state index contributed by atoms with van der Waals surface area (Å²) in [6, 6.07) is 11.8. The number of ketones is 1. The number of Topliss-reactive ketones (excluding diaryl/α,β-unsaturated/α-hetero) is 1. The zero-order chi connectivity index (χ0) is 15.9. The molecule has 0 unspecified atom stereocenters. The Hall–Kier alpha value is -1.94. The number of carbonyl (C=O) groups is 2. The van der Waals surface area contributed by atoms with Crippen molar-refractivity contribution in [1.29, 1.82) is 0 Å². The number of benzene rings is 1. The van der Waals surface area contributed by atoms with Crippen LogP contribution in [-0.2, 0) is 4.79 Å². The molecule has 3 nitrogen and oxygen atoms in total. The molecule has 1 atom stereocenters. The van der Waals surface area contributed by atoms with E-state index in [1.165, 1.54) is 16.9 Å². The Labute approximate surface area is 135 Å². The van der Waals surface area contributed by atoms with Crippen LogP contribution < -0.4 is 5.32 Å². The fourth-order valence-electron chi connectivity index (χ4n) is 2.27. The summed E-state index contributed by atoms with van der Waals surface area (Å²) in [6.45, 7) is 4.08. The third-order valence-electron chi connectivity index (χ3n) is 3.60. The van der Waals surface area contributed by atoms with E-state index in [1.54, 1.807) is 6.07 Å². The number of nitrogens with one attached hydrogen (secondary N) is 1. The number of carbonyl (C=O) groups excluding carboxylic acids is 2. The lowest BCUT2D eigenvalue weighted by molar-refractivity contribution is -0.121. The summed E-state index contributed by atoms with van der Waals surface area (Å²) in [5.41, 5.74) is 2.30. The number of amides is 1. The van der Waals surface area contributed by atoms with E-state index >= 15 is 0 Å². The van der Waals surface area contributed by atoms with Crippen LogP contribution in [0, 0.1) is 6.92 Å². The largest absolute Gasteiger partial charge is 0.349 e. The van der Waals surface area contributed by atoms with E-state index in [1.807, 2.05) is 49.6 Å². The molecule has 1 heterocycles. The number of hydrogen-bond acceptors (Lipinski definition) is 3. The van der Waals surface area contributed by atoms with Crippen molar-refractivity contribution in [3.63, 3.8) is 0 Å². The van der Waals surface area contributed by atoms with Gasteiger partial charge in [-0.2, -0.15) is 0 Å². The highest BCUT2D eigenvalue weighted by molar-refractivity contribution is 7.12. The van der Waals surface area contributed by atoms with Crippen molar-refractivity contribution in [2.24, 2.45) is 0 Å². The van der Waals surface area contributed by atoms with Crippen LogP contribution in [0.1, 0.15) is 53.0 Å². The van der Waals surface area contributed by atoms with Gasteiger partial charge in [-0.3, -0.25) is 9.59 Å². The van der Waals surface area contributed by atoms with Crippen LogP contribution in [0.15, 0.2) is 41.8 Å². The fourth-order valence-corrected chi connectivity index (χ4v) is 2.97. The monoisotopic (exact) mass is 315 g/mol. The van der Waals surface area contributed by atoms with Crippen LogP contribution in [0.25, 0.3) is 0 Å². The Morgan fingerprint density at radius 2 is 1.86 bits per heavy atom. The third-order valence-corrected chi connectivity index (χ3v) is 4.51. The number of rotatable bonds is 7. The fraction of sp³-hybridized carbons (Fsp3) is 0.333. The molecule has 1 aromatic carbocycles. The molecular formula is C18H21NO2S. The number of hydrogen-bond donors (Lipinski definition) is 1. The van der Waals surface area contributed by atoms with Crippen molar-refractivity contribution in [1.82, 2.24) is 5.32 Å². The van der Waals surface area contributed by atoms with Gasteiger partial charge in [0, 0.05) is 12.8 Å². The summed E-state index contributed by atoms with van der Waals surface area (Å²) in [6.07, 6.45) is 1.32. The smallest absolute Gasteiger partial charge is 0.220 e. The Balaban J connectivity index is 1.87. The minimum absolute atomic E-state index is 0.00457. The molecule has 0 saturated carbocycles. The molecule has 0 aliphatic carbocycles. The molecule has 1 N–H and O–H groups in total. The van der Waals surface area contributed by atoms with Crippen LogP contribution >= 0.6 is 11.3 Å². The van der Waals surface area contributed by atoms with Gasteiger partial charge in [-0.1, -0.05) is 42.8 Å². The van der Waals surface area contributed by atoms with E-state index in [0.717, 1.165) is 16.9 Å². The van der Waals surface area contributed by atoms with Crippen molar-refractivity contribution in [2.45, 2.75) is 39.2 Å². The van der Waals surface area contributed by atoms with Crippen molar-refractivity contribution in [3.05, 3.63) is 57.8 Å². The first-order valence-electron chi connectivity index (χ1n) is 7.52. The van der Waals surface area contributed by atoms with Crippen LogP contribution in [0.5, 0.6) is 0 Å². The molecule has 0 saturated heterocycles. The van der Waals surface area contributed by atoms with E-state index in [-0.39, 0.29) is 30.6 Å². The first-order valence-corrected chi connectivity index (χ1v) is 8.40. The second kappa shape index (κ2) is 7.90. The molecule has 0 spiro atoms. The van der Waals surface area contributed by atoms with Gasteiger partial charge in [0.15, 0.2) is 5.78 Å². The second-order valence-corrected chi connectivity index (χ2v) is 6.29. The van der Waals surface area contributed by atoms with E-state index in [2.05, 4.69) is 5.32 Å². The average Bonchev–Trinajstić information content (AvgIpc) is 3.05. The van der Waals surface area contributed by atoms with Gasteiger partial charge in [0.2, 0.25) is 5.91 Å². The lowest BCUT2D eigenvalue weighted by Gasteiger charge is -2.17. The van der Waals surface area contributed by atoms with Crippen molar-refractivity contribution in [3.8, 4) is 0 Å². The van der Waals surface area contributed by atoms with E-state index in [9.17, 15) is 9.59 Å². The first-order chi connectivity index (χ1) is 10.6. The average molecular weight is 315 g/mol. The maximum atomic E-state index is 12.1. The van der Waals surface area contributed by atoms with Gasteiger partial charge >= 0.3 is 0 Å². The van der Waals surface area contributed by atoms with Gasteiger partial charge in [0.25, 0.3) is 0 Å². The maximum absolute atomic E-state index is 12.1. The zero-order valence-corrected chi connectivity index (χ0v) is 13.8. The van der Waals surface area contributed by atoms with Crippen molar-refractivity contribution < 1.29 is 9.59 Å². The van der Waals surface area contributed by atoms with Gasteiger partial charge in [0.05, 0.1) is 10.9 Å². The minimum Gasteiger partial charge on any atom is -0.349 e. The van der Waals surface area contributed by atoms with E-state index in [0.29, 0.717) is 0 Å². The molecule has 4 heteroatoms. The predicted octanol–water partition coefficient (Wildman–Crippen LogP) is 4.29. The standard InChI is InChI=1S/C18H21NO2S/c1-3-15(14-8-6-13(2)7-9-14)19-18(21)11-10-16(20)17-5-4-12-22-17/h4-9,12,15H,3,10-11H2,1-2H3,(H,19,21)/t15-/m1/s1. The molecule has 0 bridgehead atoms. The molecule has 0 aliphatic rings. The third kappa shape index (κ3) is 4.53. The highest BCUT2D eigenvalue weighted by Crippen LogP contribution is 2.18. The Bertz CT molecular complexity index is 617. The van der Waals surface area contributed by atoms with Gasteiger partial charge in [-0.05, 0) is 30.4 Å². The molecule has 1 aromatic heterocycles. The van der Waals surface area contributed by atoms with Crippen LogP contribution in [0.3, 0.4) is 0 Å². The summed E-state index contributed by atoms with van der Waals surface area (Å²) < 4.78 is 0. The van der Waals surface area contributed by atoms with E-state index in [4.69, 9.17) is 0 Å². The molecule has 2 rings (SSSR count). The minimum atomic E-state index is -0.0719. The molecule has 1 amide bonds. The molecule has 0 radical (unpaired) electrons. The van der Waals surface area contributed by atoms with Crippen molar-refractivity contribution >= 4 is 23.0 Å². The SMILES string of the molecule is CC[C@@H](NC(=O)CCC(=O)c1cccs1)c1ccc(C)cc1.